The van der Waals surface area contributed by atoms with E-state index in [1.165, 1.54) is 57.4 Å². The molecule has 170 valence electrons. The van der Waals surface area contributed by atoms with E-state index in [0.29, 0.717) is 5.92 Å². The number of nitrogens with one attached hydrogen (secondary N) is 2. The van der Waals surface area contributed by atoms with Gasteiger partial charge in [0.05, 0.1) is 0 Å². The normalized spacial score (nSPS) is 21.3. The molecule has 2 N–H and O–H groups in total. The van der Waals surface area contributed by atoms with Gasteiger partial charge in [-0.1, -0.05) is 36.8 Å². The number of piperidine rings is 1. The molecule has 30 heavy (non-hydrogen) atoms. The van der Waals surface area contributed by atoms with E-state index in [1.54, 1.807) is 0 Å². The van der Waals surface area contributed by atoms with E-state index in [9.17, 15) is 0 Å². The molecule has 0 aromatic heterocycles. The predicted octanol–water partition coefficient (Wildman–Crippen LogP) is 3.60. The number of rotatable bonds is 8. The van der Waals surface area contributed by atoms with Crippen molar-refractivity contribution in [1.82, 2.24) is 20.4 Å². The fourth-order valence-corrected chi connectivity index (χ4v) is 4.59. The van der Waals surface area contributed by atoms with Gasteiger partial charge >= 0.3 is 0 Å². The summed E-state index contributed by atoms with van der Waals surface area (Å²) in [5.41, 5.74) is 1.61. The summed E-state index contributed by atoms with van der Waals surface area (Å²) in [7, 11) is 1.88. The molecule has 0 amide bonds. The Balaban J connectivity index is 0.00000320. The van der Waals surface area contributed by atoms with Gasteiger partial charge in [0.15, 0.2) is 5.96 Å². The van der Waals surface area contributed by atoms with Crippen LogP contribution in [0, 0.1) is 5.92 Å². The molecule has 1 atom stereocenters. The highest BCUT2D eigenvalue weighted by molar-refractivity contribution is 14.0. The molecule has 1 unspecified atom stereocenters. The Morgan fingerprint density at radius 3 is 2.50 bits per heavy atom. The number of hydrogen-bond donors (Lipinski definition) is 2. The largest absolute Gasteiger partial charge is 0.356 e. The molecule has 3 rings (SSSR count). The van der Waals surface area contributed by atoms with E-state index < -0.39 is 0 Å². The van der Waals surface area contributed by atoms with Crippen LogP contribution in [-0.2, 0) is 6.42 Å². The number of nitrogens with zero attached hydrogens (tertiary/aromatic N) is 3. The van der Waals surface area contributed by atoms with Crippen molar-refractivity contribution in [2.75, 3.05) is 52.9 Å². The second kappa shape index (κ2) is 12.9. The van der Waals surface area contributed by atoms with Crippen molar-refractivity contribution in [3.8, 4) is 0 Å². The molecule has 0 spiro atoms. The molecule has 0 radical (unpaired) electrons. The lowest BCUT2D eigenvalue weighted by Gasteiger charge is -2.41. The van der Waals surface area contributed by atoms with Crippen LogP contribution in [0.4, 0.5) is 0 Å². The van der Waals surface area contributed by atoms with E-state index in [2.05, 4.69) is 69.6 Å². The van der Waals surface area contributed by atoms with Crippen molar-refractivity contribution in [2.45, 2.75) is 51.5 Å². The van der Waals surface area contributed by atoms with Crippen LogP contribution in [0.1, 0.15) is 45.1 Å². The van der Waals surface area contributed by atoms with Gasteiger partial charge in [0, 0.05) is 38.8 Å². The lowest BCUT2D eigenvalue weighted by atomic mass is 9.98. The smallest absolute Gasteiger partial charge is 0.191 e. The zero-order valence-electron chi connectivity index (χ0n) is 19.2. The molecule has 2 aliphatic heterocycles. The van der Waals surface area contributed by atoms with Crippen molar-refractivity contribution in [1.29, 1.82) is 0 Å². The molecule has 0 aliphatic carbocycles. The Morgan fingerprint density at radius 2 is 1.80 bits per heavy atom. The monoisotopic (exact) mass is 527 g/mol. The number of likely N-dealkylation sites (tertiary alicyclic amines) is 2. The summed E-state index contributed by atoms with van der Waals surface area (Å²) in [4.78, 5) is 9.68. The first kappa shape index (κ1) is 25.4. The van der Waals surface area contributed by atoms with Crippen LogP contribution >= 0.6 is 24.0 Å². The van der Waals surface area contributed by atoms with Crippen LogP contribution in [-0.4, -0.2) is 74.2 Å². The highest BCUT2D eigenvalue weighted by Crippen LogP contribution is 2.20. The topological polar surface area (TPSA) is 42.9 Å². The number of halogens is 1. The minimum absolute atomic E-state index is 0. The highest BCUT2D eigenvalue weighted by atomic mass is 127. The van der Waals surface area contributed by atoms with Crippen molar-refractivity contribution in [2.24, 2.45) is 10.9 Å². The SMILES string of the molecule is CN=C(NCC1CCN(CCc2ccccc2)C1)NCC(C)(C)N1CCCCC1.I. The third-order valence-electron chi connectivity index (χ3n) is 6.61. The number of guanidine groups is 1. The Morgan fingerprint density at radius 1 is 1.07 bits per heavy atom. The maximum atomic E-state index is 4.45. The number of hydrogen-bond acceptors (Lipinski definition) is 3. The van der Waals surface area contributed by atoms with E-state index in [1.807, 2.05) is 7.05 Å². The standard InChI is InChI=1S/C24H41N5.HI/c1-24(2,29-14-8-5-9-15-29)20-27-23(25-3)26-18-22-13-17-28(19-22)16-12-21-10-6-4-7-11-21;/h4,6-7,10-11,22H,5,8-9,12-20H2,1-3H3,(H2,25,26,27);1H. The third kappa shape index (κ3) is 8.00. The fourth-order valence-electron chi connectivity index (χ4n) is 4.59. The van der Waals surface area contributed by atoms with Crippen LogP contribution < -0.4 is 10.6 Å². The molecule has 0 saturated carbocycles. The molecule has 1 aromatic carbocycles. The van der Waals surface area contributed by atoms with Gasteiger partial charge in [-0.25, -0.2) is 0 Å². The Labute approximate surface area is 201 Å². The van der Waals surface area contributed by atoms with Gasteiger partial charge in [-0.15, -0.1) is 24.0 Å². The van der Waals surface area contributed by atoms with Crippen LogP contribution in [0.25, 0.3) is 0 Å². The Bertz CT molecular complexity index is 628. The van der Waals surface area contributed by atoms with Crippen molar-refractivity contribution in [3.05, 3.63) is 35.9 Å². The molecule has 2 fully saturated rings. The van der Waals surface area contributed by atoms with Crippen molar-refractivity contribution < 1.29 is 0 Å². The second-order valence-corrected chi connectivity index (χ2v) is 9.36. The zero-order valence-corrected chi connectivity index (χ0v) is 21.5. The Hall–Kier alpha value is -0.860. The third-order valence-corrected chi connectivity index (χ3v) is 6.61. The molecular weight excluding hydrogens is 485 g/mol. The maximum absolute atomic E-state index is 4.45. The first-order valence-corrected chi connectivity index (χ1v) is 11.5. The van der Waals surface area contributed by atoms with Crippen molar-refractivity contribution in [3.63, 3.8) is 0 Å². The molecule has 1 aromatic rings. The summed E-state index contributed by atoms with van der Waals surface area (Å²) in [5.74, 6) is 1.65. The van der Waals surface area contributed by atoms with Crippen LogP contribution in [0.5, 0.6) is 0 Å². The first-order chi connectivity index (χ1) is 14.1. The minimum Gasteiger partial charge on any atom is -0.356 e. The van der Waals surface area contributed by atoms with Gasteiger partial charge in [-0.05, 0) is 70.6 Å². The first-order valence-electron chi connectivity index (χ1n) is 11.5. The molecule has 2 heterocycles. The summed E-state index contributed by atoms with van der Waals surface area (Å²) in [5, 5.41) is 7.15. The quantitative estimate of drug-likeness (QED) is 0.308. The average molecular weight is 528 g/mol. The zero-order chi connectivity index (χ0) is 20.5. The van der Waals surface area contributed by atoms with E-state index in [4.69, 9.17) is 0 Å². The average Bonchev–Trinajstić information content (AvgIpc) is 3.21. The number of benzene rings is 1. The summed E-state index contributed by atoms with van der Waals surface area (Å²) < 4.78 is 0. The van der Waals surface area contributed by atoms with Crippen molar-refractivity contribution >= 4 is 29.9 Å². The van der Waals surface area contributed by atoms with E-state index >= 15 is 0 Å². The van der Waals surface area contributed by atoms with E-state index in [0.717, 1.165) is 32.0 Å². The second-order valence-electron chi connectivity index (χ2n) is 9.36. The van der Waals surface area contributed by atoms with Gasteiger partial charge in [0.25, 0.3) is 0 Å². The number of aliphatic imine (C=N–C) groups is 1. The maximum Gasteiger partial charge on any atom is 0.191 e. The highest BCUT2D eigenvalue weighted by Gasteiger charge is 2.28. The predicted molar refractivity (Wildman–Crippen MR) is 139 cm³/mol. The summed E-state index contributed by atoms with van der Waals surface area (Å²) in [6.07, 6.45) is 6.47. The molecule has 2 aliphatic rings. The van der Waals surface area contributed by atoms with Gasteiger partial charge < -0.3 is 15.5 Å². The van der Waals surface area contributed by atoms with Crippen LogP contribution in [0.15, 0.2) is 35.3 Å². The van der Waals surface area contributed by atoms with Gasteiger partial charge in [0.2, 0.25) is 0 Å². The Kier molecular flexibility index (Phi) is 10.9. The molecular formula is C24H42IN5. The summed E-state index contributed by atoms with van der Waals surface area (Å²) in [6.45, 7) is 12.6. The van der Waals surface area contributed by atoms with Gasteiger partial charge in [-0.2, -0.15) is 0 Å². The summed E-state index contributed by atoms with van der Waals surface area (Å²) >= 11 is 0. The lowest BCUT2D eigenvalue weighted by Crippen LogP contribution is -2.55. The fraction of sp³-hybridized carbons (Fsp3) is 0.708. The van der Waals surface area contributed by atoms with Gasteiger partial charge in [-0.3, -0.25) is 9.89 Å². The molecule has 2 saturated heterocycles. The van der Waals surface area contributed by atoms with Crippen LogP contribution in [0.2, 0.25) is 0 Å². The minimum atomic E-state index is 0. The molecule has 0 bridgehead atoms. The molecule has 5 nitrogen and oxygen atoms in total. The lowest BCUT2D eigenvalue weighted by molar-refractivity contribution is 0.0982. The van der Waals surface area contributed by atoms with Crippen LogP contribution in [0.3, 0.4) is 0 Å². The van der Waals surface area contributed by atoms with Gasteiger partial charge in [0.1, 0.15) is 0 Å². The molecule has 6 heteroatoms. The van der Waals surface area contributed by atoms with E-state index in [-0.39, 0.29) is 29.5 Å². The summed E-state index contributed by atoms with van der Waals surface area (Å²) in [6, 6.07) is 10.8.